The number of aliphatic imine (C=N–C) groups is 1. The molecule has 1 saturated heterocycles. The second kappa shape index (κ2) is 5.24. The number of nitrogens with one attached hydrogen (secondary N) is 2. The maximum absolute atomic E-state index is 12.2. The van der Waals surface area contributed by atoms with Crippen LogP contribution in [0.2, 0.25) is 5.02 Å². The molecule has 3 atom stereocenters. The Bertz CT molecular complexity index is 768. The van der Waals surface area contributed by atoms with Crippen LogP contribution in [0.4, 0.5) is 4.79 Å². The van der Waals surface area contributed by atoms with Gasteiger partial charge < -0.3 is 4.74 Å². The van der Waals surface area contributed by atoms with E-state index in [1.54, 1.807) is 24.3 Å². The van der Waals surface area contributed by atoms with Crippen molar-refractivity contribution in [2.75, 3.05) is 0 Å². The lowest BCUT2D eigenvalue weighted by molar-refractivity contribution is -0.123. The summed E-state index contributed by atoms with van der Waals surface area (Å²) in [7, 11) is 0. The number of ether oxygens (including phenoxy) is 1. The third-order valence-corrected chi connectivity index (χ3v) is 3.81. The highest BCUT2D eigenvalue weighted by atomic mass is 35.5. The molecule has 2 heterocycles. The van der Waals surface area contributed by atoms with E-state index in [0.717, 1.165) is 0 Å². The first-order valence-corrected chi connectivity index (χ1v) is 6.74. The van der Waals surface area contributed by atoms with Crippen LogP contribution in [0.5, 0.6) is 0 Å². The zero-order valence-electron chi connectivity index (χ0n) is 11.0. The number of amides is 3. The Labute approximate surface area is 130 Å². The van der Waals surface area contributed by atoms with E-state index in [2.05, 4.69) is 10.3 Å². The van der Waals surface area contributed by atoms with Crippen LogP contribution in [0.3, 0.4) is 0 Å². The van der Waals surface area contributed by atoms with Crippen molar-refractivity contribution in [3.05, 3.63) is 34.9 Å². The van der Waals surface area contributed by atoms with Crippen molar-refractivity contribution in [1.82, 2.24) is 5.32 Å². The summed E-state index contributed by atoms with van der Waals surface area (Å²) in [6, 6.07) is 7.81. The summed E-state index contributed by atoms with van der Waals surface area (Å²) in [5.74, 6) is -3.72. The van der Waals surface area contributed by atoms with E-state index in [4.69, 9.17) is 21.7 Å². The molecule has 3 unspecified atom stereocenters. The normalized spacial score (nSPS) is 27.2. The highest BCUT2D eigenvalue weighted by molar-refractivity contribution is 6.30. The average molecular weight is 317 g/mol. The molecule has 110 valence electrons. The topological polar surface area (TPSA) is 115 Å². The maximum Gasteiger partial charge on any atom is 0.350 e. The predicted octanol–water partition coefficient (Wildman–Crippen LogP) is 1.84. The number of benzene rings is 1. The molecule has 8 heteroatoms. The first kappa shape index (κ1) is 14.2. The summed E-state index contributed by atoms with van der Waals surface area (Å²) in [6.07, 6.45) is 0. The number of hydrogen-bond donors (Lipinski definition) is 2. The quantitative estimate of drug-likeness (QED) is 0.822. The Morgan fingerprint density at radius 1 is 1.41 bits per heavy atom. The van der Waals surface area contributed by atoms with Gasteiger partial charge in [0.05, 0.1) is 6.07 Å². The fourth-order valence-corrected chi connectivity index (χ4v) is 2.86. The number of carbonyl (C=O) groups excluding carboxylic acids is 2. The highest BCUT2D eigenvalue weighted by Crippen LogP contribution is 2.39. The first-order valence-electron chi connectivity index (χ1n) is 6.36. The number of nitrogens with zero attached hydrogens (tertiary/aromatic N) is 2. The van der Waals surface area contributed by atoms with Crippen molar-refractivity contribution in [2.24, 2.45) is 16.8 Å². The number of nitriles is 1. The molecular weight excluding hydrogens is 308 g/mol. The van der Waals surface area contributed by atoms with Crippen molar-refractivity contribution in [2.45, 2.75) is 5.92 Å². The molecule has 1 aromatic carbocycles. The second-order valence-corrected chi connectivity index (χ2v) is 5.31. The average Bonchev–Trinajstić information content (AvgIpc) is 2.45. The molecule has 3 amide bonds. The largest absolute Gasteiger partial charge is 0.427 e. The number of rotatable bonds is 1. The molecule has 0 spiro atoms. The third kappa shape index (κ3) is 2.23. The van der Waals surface area contributed by atoms with Crippen LogP contribution < -0.4 is 5.32 Å². The summed E-state index contributed by atoms with van der Waals surface area (Å²) in [6.45, 7) is 0. The van der Waals surface area contributed by atoms with E-state index in [-0.39, 0.29) is 11.8 Å². The zero-order valence-corrected chi connectivity index (χ0v) is 11.8. The molecule has 2 aliphatic heterocycles. The number of halogens is 1. The standard InChI is InChI=1S/C14H9ClN4O3/c15-7-3-1-2-6(4-7)9-8(5-16)11(17)22-13-10(9)12(20)18-14(21)19-13/h1-4,8-10,17H,(H,18,20,21). The molecule has 22 heavy (non-hydrogen) atoms. The number of urea groups is 1. The van der Waals surface area contributed by atoms with E-state index in [1.807, 2.05) is 6.07 Å². The lowest BCUT2D eigenvalue weighted by Gasteiger charge is -2.36. The van der Waals surface area contributed by atoms with Gasteiger partial charge in [0.2, 0.25) is 17.7 Å². The van der Waals surface area contributed by atoms with Gasteiger partial charge in [0.15, 0.2) is 0 Å². The Hall–Kier alpha value is -2.72. The van der Waals surface area contributed by atoms with Gasteiger partial charge in [0.1, 0.15) is 11.8 Å². The Morgan fingerprint density at radius 3 is 2.86 bits per heavy atom. The Morgan fingerprint density at radius 2 is 2.18 bits per heavy atom. The summed E-state index contributed by atoms with van der Waals surface area (Å²) in [5.41, 5.74) is 0.606. The van der Waals surface area contributed by atoms with Gasteiger partial charge in [-0.2, -0.15) is 10.3 Å². The van der Waals surface area contributed by atoms with E-state index >= 15 is 0 Å². The molecular formula is C14H9ClN4O3. The van der Waals surface area contributed by atoms with Crippen molar-refractivity contribution >= 4 is 35.3 Å². The molecule has 1 aromatic rings. The number of imide groups is 1. The van der Waals surface area contributed by atoms with Crippen LogP contribution in [-0.4, -0.2) is 23.7 Å². The minimum atomic E-state index is -0.971. The molecule has 2 aliphatic rings. The molecule has 1 fully saturated rings. The lowest BCUT2D eigenvalue weighted by atomic mass is 9.74. The first-order chi connectivity index (χ1) is 10.5. The molecule has 2 N–H and O–H groups in total. The molecule has 7 nitrogen and oxygen atoms in total. The van der Waals surface area contributed by atoms with Gasteiger partial charge in [-0.05, 0) is 17.7 Å². The molecule has 0 bridgehead atoms. The monoisotopic (exact) mass is 316 g/mol. The fraction of sp³-hybridized carbons (Fsp3) is 0.214. The fourth-order valence-electron chi connectivity index (χ4n) is 2.67. The van der Waals surface area contributed by atoms with E-state index in [1.165, 1.54) is 0 Å². The Kier molecular flexibility index (Phi) is 3.39. The van der Waals surface area contributed by atoms with Gasteiger partial charge in [-0.15, -0.1) is 0 Å². The molecule has 0 aliphatic carbocycles. The van der Waals surface area contributed by atoms with Crippen molar-refractivity contribution in [3.8, 4) is 6.07 Å². The number of fused-ring (bicyclic) bond motifs is 1. The Balaban J connectivity index is 2.15. The molecule has 0 aromatic heterocycles. The van der Waals surface area contributed by atoms with Crippen LogP contribution in [0.15, 0.2) is 29.3 Å². The van der Waals surface area contributed by atoms with Crippen molar-refractivity contribution < 1.29 is 14.3 Å². The summed E-state index contributed by atoms with van der Waals surface area (Å²) in [4.78, 5) is 27.1. The van der Waals surface area contributed by atoms with Crippen LogP contribution >= 0.6 is 11.6 Å². The van der Waals surface area contributed by atoms with Crippen molar-refractivity contribution in [3.63, 3.8) is 0 Å². The molecule has 0 saturated carbocycles. The molecule has 3 rings (SSSR count). The highest BCUT2D eigenvalue weighted by Gasteiger charge is 2.49. The van der Waals surface area contributed by atoms with E-state index in [0.29, 0.717) is 10.6 Å². The molecule has 0 radical (unpaired) electrons. The van der Waals surface area contributed by atoms with Gasteiger partial charge in [-0.3, -0.25) is 15.5 Å². The van der Waals surface area contributed by atoms with Crippen LogP contribution in [0.1, 0.15) is 11.5 Å². The predicted molar refractivity (Wildman–Crippen MR) is 76.6 cm³/mol. The van der Waals surface area contributed by atoms with Gasteiger partial charge >= 0.3 is 6.03 Å². The van der Waals surface area contributed by atoms with E-state index < -0.39 is 29.7 Å². The van der Waals surface area contributed by atoms with Gasteiger partial charge in [0.25, 0.3) is 0 Å². The summed E-state index contributed by atoms with van der Waals surface area (Å²) < 4.78 is 5.11. The summed E-state index contributed by atoms with van der Waals surface area (Å²) in [5, 5.41) is 19.7. The van der Waals surface area contributed by atoms with Crippen LogP contribution in [-0.2, 0) is 9.53 Å². The van der Waals surface area contributed by atoms with Crippen molar-refractivity contribution in [1.29, 1.82) is 10.7 Å². The minimum Gasteiger partial charge on any atom is -0.427 e. The minimum absolute atomic E-state index is 0.157. The van der Waals surface area contributed by atoms with Gasteiger partial charge in [-0.1, -0.05) is 23.7 Å². The number of hydrogen-bond acceptors (Lipinski definition) is 5. The van der Waals surface area contributed by atoms with E-state index in [9.17, 15) is 14.9 Å². The zero-order chi connectivity index (χ0) is 15.9. The number of carbonyl (C=O) groups is 2. The van der Waals surface area contributed by atoms with Crippen LogP contribution in [0.25, 0.3) is 0 Å². The third-order valence-electron chi connectivity index (χ3n) is 3.58. The summed E-state index contributed by atoms with van der Waals surface area (Å²) >= 11 is 5.97. The SMILES string of the molecule is N#CC1C(=N)OC2=NC(=O)NC(=O)C2C1c1cccc(Cl)c1. The maximum atomic E-state index is 12.2. The second-order valence-electron chi connectivity index (χ2n) is 4.88. The smallest absolute Gasteiger partial charge is 0.350 e. The van der Waals surface area contributed by atoms with Gasteiger partial charge in [0, 0.05) is 10.9 Å². The lowest BCUT2D eigenvalue weighted by Crippen LogP contribution is -2.52. The van der Waals surface area contributed by atoms with Crippen LogP contribution in [0, 0.1) is 28.6 Å². The van der Waals surface area contributed by atoms with Gasteiger partial charge in [-0.25, -0.2) is 4.79 Å².